The van der Waals surface area contributed by atoms with Gasteiger partial charge < -0.3 is 4.98 Å². The summed E-state index contributed by atoms with van der Waals surface area (Å²) in [6, 6.07) is 8.49. The van der Waals surface area contributed by atoms with Crippen LogP contribution in [0.3, 0.4) is 0 Å². The van der Waals surface area contributed by atoms with E-state index in [1.54, 1.807) is 12.3 Å². The number of benzene rings is 2. The zero-order valence-electron chi connectivity index (χ0n) is 11.7. The molecule has 0 amide bonds. The molecular weight excluding hydrogens is 301 g/mol. The van der Waals surface area contributed by atoms with Gasteiger partial charge in [0.2, 0.25) is 0 Å². The van der Waals surface area contributed by atoms with E-state index in [1.807, 2.05) is 25.3 Å². The Kier molecular flexibility index (Phi) is 2.87. The summed E-state index contributed by atoms with van der Waals surface area (Å²) in [6.45, 7) is 1.87. The number of nitrogens with one attached hydrogen (secondary N) is 1. The van der Waals surface area contributed by atoms with Crippen LogP contribution >= 0.6 is 11.6 Å². The number of H-pyrrole nitrogens is 1. The molecule has 5 heteroatoms. The van der Waals surface area contributed by atoms with E-state index in [-0.39, 0.29) is 5.82 Å². The maximum Gasteiger partial charge on any atom is 0.124 e. The standard InChI is InChI=1S/C17H11ClFN3/c1-9-5-10(19)6-11-12(7-21-16(9)11)15-8-20-14-4-2-3-13(18)17(14)22-15/h2-8,21H,1H3. The van der Waals surface area contributed by atoms with Crippen LogP contribution in [-0.2, 0) is 0 Å². The number of halogens is 2. The highest BCUT2D eigenvalue weighted by Gasteiger charge is 2.12. The predicted molar refractivity (Wildman–Crippen MR) is 86.5 cm³/mol. The Morgan fingerprint density at radius 3 is 2.95 bits per heavy atom. The molecule has 0 aliphatic carbocycles. The molecule has 108 valence electrons. The van der Waals surface area contributed by atoms with Crippen LogP contribution in [0.25, 0.3) is 33.2 Å². The third kappa shape index (κ3) is 1.96. The topological polar surface area (TPSA) is 41.6 Å². The summed E-state index contributed by atoms with van der Waals surface area (Å²) in [5.41, 5.74) is 4.61. The minimum absolute atomic E-state index is 0.266. The molecule has 2 aromatic heterocycles. The van der Waals surface area contributed by atoms with Crippen LogP contribution in [0.4, 0.5) is 4.39 Å². The number of hydrogen-bond donors (Lipinski definition) is 1. The smallest absolute Gasteiger partial charge is 0.124 e. The first kappa shape index (κ1) is 13.2. The van der Waals surface area contributed by atoms with Gasteiger partial charge in [-0.3, -0.25) is 4.98 Å². The van der Waals surface area contributed by atoms with Crippen molar-refractivity contribution in [2.45, 2.75) is 6.92 Å². The number of rotatable bonds is 1. The van der Waals surface area contributed by atoms with E-state index < -0.39 is 0 Å². The predicted octanol–water partition coefficient (Wildman–Crippen LogP) is 4.88. The summed E-state index contributed by atoms with van der Waals surface area (Å²) >= 11 is 6.19. The fourth-order valence-corrected chi connectivity index (χ4v) is 2.92. The molecule has 2 aromatic carbocycles. The van der Waals surface area contributed by atoms with Crippen LogP contribution in [0.2, 0.25) is 5.02 Å². The Bertz CT molecular complexity index is 1020. The number of aromatic amines is 1. The summed E-state index contributed by atoms with van der Waals surface area (Å²) in [6.07, 6.45) is 3.51. The molecule has 0 fully saturated rings. The first-order valence-electron chi connectivity index (χ1n) is 6.82. The normalized spacial score (nSPS) is 11.4. The first-order chi connectivity index (χ1) is 10.6. The molecule has 0 bridgehead atoms. The Balaban J connectivity index is 2.01. The lowest BCUT2D eigenvalue weighted by atomic mass is 10.1. The molecule has 0 saturated carbocycles. The number of hydrogen-bond acceptors (Lipinski definition) is 2. The van der Waals surface area contributed by atoms with Crippen molar-refractivity contribution in [2.75, 3.05) is 0 Å². The molecule has 0 spiro atoms. The fourth-order valence-electron chi connectivity index (χ4n) is 2.71. The van der Waals surface area contributed by atoms with E-state index >= 15 is 0 Å². The van der Waals surface area contributed by atoms with Crippen molar-refractivity contribution >= 4 is 33.5 Å². The maximum absolute atomic E-state index is 13.7. The average Bonchev–Trinajstić information content (AvgIpc) is 2.91. The van der Waals surface area contributed by atoms with E-state index in [0.717, 1.165) is 27.5 Å². The fraction of sp³-hybridized carbons (Fsp3) is 0.0588. The first-order valence-corrected chi connectivity index (χ1v) is 7.20. The van der Waals surface area contributed by atoms with E-state index in [4.69, 9.17) is 11.6 Å². The van der Waals surface area contributed by atoms with Gasteiger partial charge in [0.1, 0.15) is 11.3 Å². The van der Waals surface area contributed by atoms with Crippen LogP contribution < -0.4 is 0 Å². The molecule has 0 radical (unpaired) electrons. The van der Waals surface area contributed by atoms with E-state index in [0.29, 0.717) is 16.2 Å². The molecule has 4 rings (SSSR count). The lowest BCUT2D eigenvalue weighted by Gasteiger charge is -2.03. The highest BCUT2D eigenvalue weighted by Crippen LogP contribution is 2.31. The van der Waals surface area contributed by atoms with Crippen molar-refractivity contribution in [3.05, 3.63) is 59.1 Å². The van der Waals surface area contributed by atoms with Gasteiger partial charge in [-0.05, 0) is 36.8 Å². The van der Waals surface area contributed by atoms with Gasteiger partial charge in [0.15, 0.2) is 0 Å². The second-order valence-corrected chi connectivity index (χ2v) is 5.62. The van der Waals surface area contributed by atoms with Crippen LogP contribution in [0.5, 0.6) is 0 Å². The highest BCUT2D eigenvalue weighted by atomic mass is 35.5. The number of nitrogens with zero attached hydrogens (tertiary/aromatic N) is 2. The van der Waals surface area contributed by atoms with Gasteiger partial charge in [0.05, 0.1) is 22.4 Å². The Labute approximate surface area is 130 Å². The highest BCUT2D eigenvalue weighted by molar-refractivity contribution is 6.34. The summed E-state index contributed by atoms with van der Waals surface area (Å²) in [4.78, 5) is 12.2. The lowest BCUT2D eigenvalue weighted by molar-refractivity contribution is 0.628. The maximum atomic E-state index is 13.7. The van der Waals surface area contributed by atoms with Crippen LogP contribution in [0.15, 0.2) is 42.7 Å². The van der Waals surface area contributed by atoms with Gasteiger partial charge in [-0.25, -0.2) is 9.37 Å². The monoisotopic (exact) mass is 311 g/mol. The molecule has 1 N–H and O–H groups in total. The molecule has 0 atom stereocenters. The molecule has 22 heavy (non-hydrogen) atoms. The summed E-state index contributed by atoms with van der Waals surface area (Å²) in [7, 11) is 0. The minimum Gasteiger partial charge on any atom is -0.360 e. The van der Waals surface area contributed by atoms with Gasteiger partial charge in [-0.15, -0.1) is 0 Å². The molecule has 0 unspecified atom stereocenters. The lowest BCUT2D eigenvalue weighted by Crippen LogP contribution is -1.89. The van der Waals surface area contributed by atoms with Crippen molar-refractivity contribution < 1.29 is 4.39 Å². The number of aromatic nitrogens is 3. The van der Waals surface area contributed by atoms with Crippen molar-refractivity contribution in [1.82, 2.24) is 15.0 Å². The number of para-hydroxylation sites is 1. The molecule has 4 aromatic rings. The van der Waals surface area contributed by atoms with Gasteiger partial charge >= 0.3 is 0 Å². The SMILES string of the molecule is Cc1cc(F)cc2c(-c3cnc4cccc(Cl)c4n3)c[nH]c12. The Morgan fingerprint density at radius 1 is 1.23 bits per heavy atom. The van der Waals surface area contributed by atoms with Crippen LogP contribution in [-0.4, -0.2) is 15.0 Å². The molecule has 2 heterocycles. The van der Waals surface area contributed by atoms with Crippen molar-refractivity contribution in [1.29, 1.82) is 0 Å². The summed E-state index contributed by atoms with van der Waals surface area (Å²) in [5, 5.41) is 1.34. The zero-order valence-corrected chi connectivity index (χ0v) is 12.4. The molecule has 0 saturated heterocycles. The second kappa shape index (κ2) is 4.78. The largest absolute Gasteiger partial charge is 0.360 e. The van der Waals surface area contributed by atoms with E-state index in [2.05, 4.69) is 15.0 Å². The van der Waals surface area contributed by atoms with Crippen LogP contribution in [0, 0.1) is 12.7 Å². The second-order valence-electron chi connectivity index (χ2n) is 5.21. The molecule has 0 aliphatic heterocycles. The van der Waals surface area contributed by atoms with Gasteiger partial charge in [0.25, 0.3) is 0 Å². The van der Waals surface area contributed by atoms with E-state index in [9.17, 15) is 4.39 Å². The Morgan fingerprint density at radius 2 is 2.09 bits per heavy atom. The minimum atomic E-state index is -0.266. The molecule has 3 nitrogen and oxygen atoms in total. The third-order valence-corrected chi connectivity index (χ3v) is 4.06. The summed E-state index contributed by atoms with van der Waals surface area (Å²) in [5.74, 6) is -0.266. The average molecular weight is 312 g/mol. The van der Waals surface area contributed by atoms with Crippen LogP contribution in [0.1, 0.15) is 5.56 Å². The van der Waals surface area contributed by atoms with Crippen molar-refractivity contribution in [2.24, 2.45) is 0 Å². The van der Waals surface area contributed by atoms with Gasteiger partial charge in [-0.2, -0.15) is 0 Å². The van der Waals surface area contributed by atoms with Gasteiger partial charge in [-0.1, -0.05) is 17.7 Å². The molecule has 0 aliphatic rings. The van der Waals surface area contributed by atoms with Crippen molar-refractivity contribution in [3.8, 4) is 11.3 Å². The third-order valence-electron chi connectivity index (χ3n) is 3.75. The number of fused-ring (bicyclic) bond motifs is 2. The van der Waals surface area contributed by atoms with Gasteiger partial charge in [0, 0.05) is 22.7 Å². The quantitative estimate of drug-likeness (QED) is 0.544. The Hall–Kier alpha value is -2.46. The van der Waals surface area contributed by atoms with Crippen molar-refractivity contribution in [3.63, 3.8) is 0 Å². The molecular formula is C17H11ClFN3. The summed E-state index contributed by atoms with van der Waals surface area (Å²) < 4.78 is 13.7. The zero-order chi connectivity index (χ0) is 15.3. The number of aryl methyl sites for hydroxylation is 1. The van der Waals surface area contributed by atoms with E-state index in [1.165, 1.54) is 12.1 Å².